The highest BCUT2D eigenvalue weighted by molar-refractivity contribution is 5.95. The molecule has 1 fully saturated rings. The number of aromatic nitrogens is 4. The molecule has 0 spiro atoms. The number of likely N-dealkylation sites (tertiary alicyclic amines) is 1. The monoisotopic (exact) mass is 597 g/mol. The topological polar surface area (TPSA) is 169 Å². The first-order chi connectivity index (χ1) is 21.4. The Labute approximate surface area is 257 Å². The van der Waals surface area contributed by atoms with Crippen molar-refractivity contribution in [2.24, 2.45) is 0 Å². The van der Waals surface area contributed by atoms with Gasteiger partial charge in [0.2, 0.25) is 5.91 Å². The van der Waals surface area contributed by atoms with Gasteiger partial charge in [-0.25, -0.2) is 5.10 Å². The molecule has 2 aliphatic rings. The van der Waals surface area contributed by atoms with Crippen LogP contribution in [0.3, 0.4) is 0 Å². The number of hydrogen-bond acceptors (Lipinski definition) is 8. The number of aryl methyl sites for hydroxylation is 2. The minimum atomic E-state index is -0.884. The number of nitrogens with zero attached hydrogens (tertiary/aromatic N) is 5. The summed E-state index contributed by atoms with van der Waals surface area (Å²) in [6.45, 7) is 5.16. The van der Waals surface area contributed by atoms with Crippen molar-refractivity contribution in [2.75, 3.05) is 26.7 Å². The van der Waals surface area contributed by atoms with Crippen LogP contribution in [0.15, 0.2) is 36.4 Å². The fraction of sp³-hybridized carbons (Fsp3) is 0.469. The van der Waals surface area contributed by atoms with Crippen molar-refractivity contribution in [1.29, 1.82) is 5.26 Å². The quantitative estimate of drug-likeness (QED) is 0.275. The van der Waals surface area contributed by atoms with Gasteiger partial charge >= 0.3 is 0 Å². The van der Waals surface area contributed by atoms with Crippen LogP contribution in [0, 0.1) is 11.3 Å². The second-order valence-electron chi connectivity index (χ2n) is 11.4. The van der Waals surface area contributed by atoms with E-state index in [-0.39, 0.29) is 36.3 Å². The number of nitriles is 1. The second-order valence-corrected chi connectivity index (χ2v) is 11.4. The van der Waals surface area contributed by atoms with Crippen molar-refractivity contribution in [1.82, 2.24) is 41.5 Å². The number of aromatic amines is 1. The van der Waals surface area contributed by atoms with Crippen molar-refractivity contribution < 1.29 is 14.4 Å². The lowest BCUT2D eigenvalue weighted by atomic mass is 9.67. The van der Waals surface area contributed by atoms with Crippen molar-refractivity contribution in [3.63, 3.8) is 0 Å². The van der Waals surface area contributed by atoms with Crippen LogP contribution in [-0.2, 0) is 23.1 Å². The van der Waals surface area contributed by atoms with Gasteiger partial charge in [-0.15, -0.1) is 5.10 Å². The van der Waals surface area contributed by atoms with Gasteiger partial charge in [0.1, 0.15) is 6.04 Å². The zero-order valence-electron chi connectivity index (χ0n) is 25.4. The molecule has 3 amide bonds. The molecule has 2 aromatic carbocycles. The number of rotatable bonds is 10. The molecule has 12 nitrogen and oxygen atoms in total. The smallest absolute Gasteiger partial charge is 0.251 e. The number of amides is 3. The highest BCUT2D eigenvalue weighted by Gasteiger charge is 2.45. The van der Waals surface area contributed by atoms with Gasteiger partial charge in [-0.1, -0.05) is 19.1 Å². The second kappa shape index (κ2) is 13.3. The lowest BCUT2D eigenvalue weighted by Gasteiger charge is -2.37. The summed E-state index contributed by atoms with van der Waals surface area (Å²) in [5.74, 6) is 0.127. The molecular formula is C32H39N9O3. The normalized spacial score (nSPS) is 19.7. The summed E-state index contributed by atoms with van der Waals surface area (Å²) in [4.78, 5) is 40.3. The number of fused-ring (bicyclic) bond motifs is 2. The third-order valence-electron chi connectivity index (χ3n) is 8.94. The van der Waals surface area contributed by atoms with E-state index in [1.54, 1.807) is 11.9 Å². The SMILES string of the molecule is CCNC(=O)c1ccc2c(c1)CCc1cc(C(=O)NC)ccc1C2(C[C@H](CC)NCC(=O)N1CCCC1C#N)c1nnn[nH]1. The van der Waals surface area contributed by atoms with Crippen LogP contribution >= 0.6 is 0 Å². The fourth-order valence-corrected chi connectivity index (χ4v) is 6.71. The molecule has 1 saturated heterocycles. The first-order valence-electron chi connectivity index (χ1n) is 15.3. The molecular weight excluding hydrogens is 558 g/mol. The van der Waals surface area contributed by atoms with Crippen LogP contribution in [0.25, 0.3) is 0 Å². The minimum Gasteiger partial charge on any atom is -0.355 e. The van der Waals surface area contributed by atoms with Crippen molar-refractivity contribution in [2.45, 2.75) is 69.9 Å². The van der Waals surface area contributed by atoms with Gasteiger partial charge in [0, 0.05) is 37.3 Å². The molecule has 3 aromatic rings. The summed E-state index contributed by atoms with van der Waals surface area (Å²) in [5, 5.41) is 34.0. The first kappa shape index (κ1) is 30.8. The van der Waals surface area contributed by atoms with E-state index in [4.69, 9.17) is 0 Å². The van der Waals surface area contributed by atoms with Gasteiger partial charge < -0.3 is 20.9 Å². The molecule has 0 radical (unpaired) electrons. The van der Waals surface area contributed by atoms with Gasteiger partial charge in [0.25, 0.3) is 11.8 Å². The van der Waals surface area contributed by atoms with E-state index in [0.717, 1.165) is 28.7 Å². The Bertz CT molecular complexity index is 1570. The van der Waals surface area contributed by atoms with E-state index < -0.39 is 5.41 Å². The molecule has 4 N–H and O–H groups in total. The number of carbonyl (C=O) groups excluding carboxylic acids is 3. The summed E-state index contributed by atoms with van der Waals surface area (Å²) >= 11 is 0. The minimum absolute atomic E-state index is 0.0913. The van der Waals surface area contributed by atoms with Crippen LogP contribution in [0.2, 0.25) is 0 Å². The lowest BCUT2D eigenvalue weighted by molar-refractivity contribution is -0.130. The molecule has 2 heterocycles. The number of nitrogens with one attached hydrogen (secondary N) is 4. The van der Waals surface area contributed by atoms with Gasteiger partial charge in [0.05, 0.1) is 18.0 Å². The summed E-state index contributed by atoms with van der Waals surface area (Å²) in [5.41, 5.74) is 4.14. The first-order valence-corrected chi connectivity index (χ1v) is 15.3. The highest BCUT2D eigenvalue weighted by atomic mass is 16.2. The Kier molecular flexibility index (Phi) is 9.35. The van der Waals surface area contributed by atoms with E-state index in [2.05, 4.69) is 49.6 Å². The van der Waals surface area contributed by atoms with Crippen molar-refractivity contribution in [3.8, 4) is 6.07 Å². The highest BCUT2D eigenvalue weighted by Crippen LogP contribution is 2.47. The van der Waals surface area contributed by atoms with Gasteiger partial charge in [0.15, 0.2) is 5.82 Å². The number of benzene rings is 2. The number of hydrogen-bond donors (Lipinski definition) is 4. The molecule has 1 aromatic heterocycles. The average molecular weight is 598 g/mol. The Morgan fingerprint density at radius 1 is 1.09 bits per heavy atom. The maximum atomic E-state index is 13.2. The maximum absolute atomic E-state index is 13.2. The van der Waals surface area contributed by atoms with E-state index in [1.807, 2.05) is 43.3 Å². The predicted octanol–water partition coefficient (Wildman–Crippen LogP) is 2.01. The molecule has 5 rings (SSSR count). The summed E-state index contributed by atoms with van der Waals surface area (Å²) < 4.78 is 0. The Balaban J connectivity index is 1.61. The van der Waals surface area contributed by atoms with Crippen LogP contribution in [0.5, 0.6) is 0 Å². The predicted molar refractivity (Wildman–Crippen MR) is 163 cm³/mol. The van der Waals surface area contributed by atoms with Crippen molar-refractivity contribution in [3.05, 3.63) is 75.6 Å². The van der Waals surface area contributed by atoms with Crippen LogP contribution in [-0.4, -0.2) is 82.0 Å². The summed E-state index contributed by atoms with van der Waals surface area (Å²) in [6.07, 6.45) is 4.01. The fourth-order valence-electron chi connectivity index (χ4n) is 6.71. The molecule has 44 heavy (non-hydrogen) atoms. The zero-order valence-corrected chi connectivity index (χ0v) is 25.4. The number of carbonyl (C=O) groups is 3. The van der Waals surface area contributed by atoms with Crippen molar-refractivity contribution >= 4 is 17.7 Å². The molecule has 1 aliphatic carbocycles. The van der Waals surface area contributed by atoms with Gasteiger partial charge in [-0.05, 0) is 102 Å². The zero-order chi connectivity index (χ0) is 31.3. The standard InChI is InChI=1S/C32H39N9O3/c1-4-24(36-19-28(42)41-14-6-7-25(41)18-33)17-32(31-37-39-40-38-31)26-12-10-22(29(43)34-3)15-20(26)8-9-21-16-23(11-13-27(21)32)30(44)35-5-2/h10-13,15-16,24-25,36H,4-9,14,17,19H2,1-3H3,(H,34,43)(H,35,44)(H,37,38,39,40)/t24-,25?,32?/m0/s1. The molecule has 1 aliphatic heterocycles. The van der Waals surface area contributed by atoms with E-state index in [1.165, 1.54) is 0 Å². The lowest BCUT2D eigenvalue weighted by Crippen LogP contribution is -2.46. The van der Waals surface area contributed by atoms with Gasteiger partial charge in [-0.3, -0.25) is 14.4 Å². The molecule has 230 valence electrons. The van der Waals surface area contributed by atoms with Crippen LogP contribution < -0.4 is 16.0 Å². The molecule has 0 saturated carbocycles. The third kappa shape index (κ3) is 5.79. The van der Waals surface area contributed by atoms with Gasteiger partial charge in [-0.2, -0.15) is 5.26 Å². The largest absolute Gasteiger partial charge is 0.355 e. The van der Waals surface area contributed by atoms with E-state index >= 15 is 0 Å². The van der Waals surface area contributed by atoms with Crippen LogP contribution in [0.1, 0.15) is 88.3 Å². The Morgan fingerprint density at radius 3 is 2.34 bits per heavy atom. The molecule has 12 heteroatoms. The molecule has 2 unspecified atom stereocenters. The Morgan fingerprint density at radius 2 is 1.77 bits per heavy atom. The average Bonchev–Trinajstić information content (AvgIpc) is 3.75. The van der Waals surface area contributed by atoms with Crippen LogP contribution in [0.4, 0.5) is 0 Å². The van der Waals surface area contributed by atoms with E-state index in [9.17, 15) is 19.6 Å². The van der Waals surface area contributed by atoms with E-state index in [0.29, 0.717) is 62.1 Å². The Hall–Kier alpha value is -4.63. The summed E-state index contributed by atoms with van der Waals surface area (Å²) in [6, 6.07) is 13.2. The third-order valence-corrected chi connectivity index (χ3v) is 8.94. The number of H-pyrrole nitrogens is 1. The molecule has 3 atom stereocenters. The number of tetrazole rings is 1. The summed E-state index contributed by atoms with van der Waals surface area (Å²) in [7, 11) is 1.61. The molecule has 0 bridgehead atoms. The maximum Gasteiger partial charge on any atom is 0.251 e.